The van der Waals surface area contributed by atoms with E-state index in [1.807, 2.05) is 13.0 Å². The van der Waals surface area contributed by atoms with Gasteiger partial charge in [-0.25, -0.2) is 13.4 Å². The lowest BCUT2D eigenvalue weighted by Crippen LogP contribution is -2.35. The molecule has 1 N–H and O–H groups in total. The molecule has 0 saturated heterocycles. The Bertz CT molecular complexity index is 549. The molecular formula is C12H16N2O3S. The van der Waals surface area contributed by atoms with Gasteiger partial charge in [-0.1, -0.05) is 17.7 Å². The van der Waals surface area contributed by atoms with Gasteiger partial charge in [0.05, 0.1) is 6.61 Å². The number of aromatic nitrogens is 1. The van der Waals surface area contributed by atoms with Crippen LogP contribution in [0.5, 0.6) is 0 Å². The second-order valence-electron chi connectivity index (χ2n) is 4.34. The first-order valence-corrected chi connectivity index (χ1v) is 7.19. The van der Waals surface area contributed by atoms with E-state index in [9.17, 15) is 8.42 Å². The maximum atomic E-state index is 12.3. The molecule has 1 aliphatic heterocycles. The van der Waals surface area contributed by atoms with E-state index < -0.39 is 10.0 Å². The van der Waals surface area contributed by atoms with Crippen molar-refractivity contribution < 1.29 is 13.5 Å². The van der Waals surface area contributed by atoms with Crippen LogP contribution in [0, 0.1) is 0 Å². The molecule has 6 heteroatoms. The van der Waals surface area contributed by atoms with Gasteiger partial charge in [-0.15, -0.1) is 0 Å². The number of rotatable bonds is 3. The zero-order valence-corrected chi connectivity index (χ0v) is 11.0. The summed E-state index contributed by atoms with van der Waals surface area (Å²) in [5, 5.41) is 8.94. The first-order valence-electron chi connectivity index (χ1n) is 5.75. The van der Waals surface area contributed by atoms with Crippen LogP contribution in [0.15, 0.2) is 35.0 Å². The average Bonchev–Trinajstić information content (AvgIpc) is 2.39. The van der Waals surface area contributed by atoms with E-state index in [-0.39, 0.29) is 11.6 Å². The monoisotopic (exact) mass is 268 g/mol. The van der Waals surface area contributed by atoms with Crippen molar-refractivity contribution in [3.63, 3.8) is 0 Å². The molecule has 0 radical (unpaired) electrons. The lowest BCUT2D eigenvalue weighted by Gasteiger charge is -2.24. The van der Waals surface area contributed by atoms with Crippen LogP contribution < -0.4 is 0 Å². The Morgan fingerprint density at radius 3 is 2.78 bits per heavy atom. The molecule has 0 atom stereocenters. The minimum Gasteiger partial charge on any atom is -0.392 e. The highest BCUT2D eigenvalue weighted by Gasteiger charge is 2.26. The molecule has 0 spiro atoms. The lowest BCUT2D eigenvalue weighted by molar-refractivity contribution is 0.281. The fraction of sp³-hybridized carbons (Fsp3) is 0.417. The predicted octanol–water partition coefficient (Wildman–Crippen LogP) is 0.915. The summed E-state index contributed by atoms with van der Waals surface area (Å²) in [6.07, 6.45) is 4.17. The van der Waals surface area contributed by atoms with Gasteiger partial charge in [0.25, 0.3) is 10.0 Å². The van der Waals surface area contributed by atoms with Crippen molar-refractivity contribution in [1.29, 1.82) is 0 Å². The fourth-order valence-corrected chi connectivity index (χ4v) is 3.28. The molecule has 0 saturated carbocycles. The predicted molar refractivity (Wildman–Crippen MR) is 67.3 cm³/mol. The second-order valence-corrected chi connectivity index (χ2v) is 6.23. The summed E-state index contributed by atoms with van der Waals surface area (Å²) in [7, 11) is -3.52. The van der Waals surface area contributed by atoms with E-state index in [2.05, 4.69) is 4.98 Å². The van der Waals surface area contributed by atoms with E-state index in [1.165, 1.54) is 16.6 Å². The van der Waals surface area contributed by atoms with E-state index in [1.54, 1.807) is 6.07 Å². The molecule has 2 heterocycles. The standard InChI is InChI=1S/C12H16N2O3S/c1-10-3-2-6-14(8-10)18(16,17)12-5-4-11(9-15)7-13-12/h3-5,7,15H,2,6,8-9H2,1H3. The first kappa shape index (κ1) is 13.2. The molecule has 0 bridgehead atoms. The average molecular weight is 268 g/mol. The molecule has 0 unspecified atom stereocenters. The lowest BCUT2D eigenvalue weighted by atomic mass is 10.2. The normalized spacial score (nSPS) is 17.6. The molecule has 98 valence electrons. The quantitative estimate of drug-likeness (QED) is 0.827. The summed E-state index contributed by atoms with van der Waals surface area (Å²) in [5.41, 5.74) is 1.65. The molecule has 1 aromatic rings. The van der Waals surface area contributed by atoms with Crippen molar-refractivity contribution in [2.24, 2.45) is 0 Å². The van der Waals surface area contributed by atoms with Gasteiger partial charge in [-0.3, -0.25) is 0 Å². The molecule has 0 aliphatic carbocycles. The van der Waals surface area contributed by atoms with Crippen LogP contribution in [0.4, 0.5) is 0 Å². The van der Waals surface area contributed by atoms with E-state index in [0.717, 1.165) is 12.0 Å². The van der Waals surface area contributed by atoms with Crippen LogP contribution in [0.2, 0.25) is 0 Å². The summed E-state index contributed by atoms with van der Waals surface area (Å²) in [6, 6.07) is 3.01. The number of aliphatic hydroxyl groups is 1. The zero-order valence-electron chi connectivity index (χ0n) is 10.2. The number of aliphatic hydroxyl groups excluding tert-OH is 1. The third kappa shape index (κ3) is 2.60. The fourth-order valence-electron chi connectivity index (χ4n) is 1.87. The van der Waals surface area contributed by atoms with Crippen LogP contribution in [-0.2, 0) is 16.6 Å². The van der Waals surface area contributed by atoms with Crippen LogP contribution in [0.1, 0.15) is 18.9 Å². The van der Waals surface area contributed by atoms with Gasteiger partial charge in [0, 0.05) is 19.3 Å². The molecule has 1 aromatic heterocycles. The molecule has 2 rings (SSSR count). The summed E-state index contributed by atoms with van der Waals surface area (Å²) in [6.45, 7) is 2.69. The van der Waals surface area contributed by atoms with Gasteiger partial charge in [0.1, 0.15) is 0 Å². The molecule has 0 aromatic carbocycles. The number of sulfonamides is 1. The van der Waals surface area contributed by atoms with Crippen LogP contribution in [0.3, 0.4) is 0 Å². The maximum Gasteiger partial charge on any atom is 0.260 e. The van der Waals surface area contributed by atoms with Gasteiger partial charge >= 0.3 is 0 Å². The summed E-state index contributed by atoms with van der Waals surface area (Å²) >= 11 is 0. The smallest absolute Gasteiger partial charge is 0.260 e. The third-order valence-corrected chi connectivity index (χ3v) is 4.64. The van der Waals surface area contributed by atoms with Gasteiger partial charge in [-0.05, 0) is 25.0 Å². The largest absolute Gasteiger partial charge is 0.392 e. The number of hydrogen-bond donors (Lipinski definition) is 1. The van der Waals surface area contributed by atoms with Crippen molar-refractivity contribution in [2.75, 3.05) is 13.1 Å². The van der Waals surface area contributed by atoms with Gasteiger partial charge in [0.15, 0.2) is 5.03 Å². The molecule has 18 heavy (non-hydrogen) atoms. The van der Waals surface area contributed by atoms with Crippen molar-refractivity contribution in [2.45, 2.75) is 25.0 Å². The Morgan fingerprint density at radius 2 is 2.22 bits per heavy atom. The van der Waals surface area contributed by atoms with E-state index >= 15 is 0 Å². The number of nitrogens with zero attached hydrogens (tertiary/aromatic N) is 2. The van der Waals surface area contributed by atoms with Gasteiger partial charge in [-0.2, -0.15) is 4.31 Å². The summed E-state index contributed by atoms with van der Waals surface area (Å²) in [4.78, 5) is 3.91. The minimum absolute atomic E-state index is 0.0365. The van der Waals surface area contributed by atoms with Crippen molar-refractivity contribution >= 4 is 10.0 Å². The SMILES string of the molecule is CC1=CCCN(S(=O)(=O)c2ccc(CO)cn2)C1. The maximum absolute atomic E-state index is 12.3. The molecule has 0 amide bonds. The second kappa shape index (κ2) is 5.17. The van der Waals surface area contributed by atoms with Crippen molar-refractivity contribution in [3.8, 4) is 0 Å². The first-order chi connectivity index (χ1) is 8.54. The molecule has 0 fully saturated rings. The Kier molecular flexibility index (Phi) is 3.79. The molecule has 5 nitrogen and oxygen atoms in total. The van der Waals surface area contributed by atoms with Crippen molar-refractivity contribution in [3.05, 3.63) is 35.5 Å². The Labute approximate surface area is 107 Å². The zero-order chi connectivity index (χ0) is 13.2. The summed E-state index contributed by atoms with van der Waals surface area (Å²) in [5.74, 6) is 0. The summed E-state index contributed by atoms with van der Waals surface area (Å²) < 4.78 is 26.0. The third-order valence-electron chi connectivity index (χ3n) is 2.88. The number of pyridine rings is 1. The van der Waals surface area contributed by atoms with Gasteiger partial charge in [0.2, 0.25) is 0 Å². The van der Waals surface area contributed by atoms with Crippen LogP contribution in [0.25, 0.3) is 0 Å². The highest BCUT2D eigenvalue weighted by Crippen LogP contribution is 2.19. The topological polar surface area (TPSA) is 70.5 Å². The van der Waals surface area contributed by atoms with E-state index in [4.69, 9.17) is 5.11 Å². The Hall–Kier alpha value is -1.24. The number of hydrogen-bond acceptors (Lipinski definition) is 4. The Balaban J connectivity index is 2.27. The van der Waals surface area contributed by atoms with E-state index in [0.29, 0.717) is 18.7 Å². The highest BCUT2D eigenvalue weighted by molar-refractivity contribution is 7.89. The molecular weight excluding hydrogens is 252 g/mol. The minimum atomic E-state index is -3.52. The van der Waals surface area contributed by atoms with Gasteiger partial charge < -0.3 is 5.11 Å². The van der Waals surface area contributed by atoms with Crippen LogP contribution >= 0.6 is 0 Å². The van der Waals surface area contributed by atoms with Crippen LogP contribution in [-0.4, -0.2) is 35.9 Å². The Morgan fingerprint density at radius 1 is 1.44 bits per heavy atom. The highest BCUT2D eigenvalue weighted by atomic mass is 32.2. The van der Waals surface area contributed by atoms with Crippen molar-refractivity contribution in [1.82, 2.24) is 9.29 Å². The molecule has 1 aliphatic rings.